The summed E-state index contributed by atoms with van der Waals surface area (Å²) in [6.45, 7) is 4.52. The zero-order chi connectivity index (χ0) is 27.0. The Hall–Kier alpha value is -1.07. The van der Waals surface area contributed by atoms with Gasteiger partial charge in [0.1, 0.15) is 31.0 Å². The molecule has 0 radical (unpaired) electrons. The van der Waals surface area contributed by atoms with Gasteiger partial charge in [-0.05, 0) is 92.4 Å². The first-order chi connectivity index (χ1) is 18.0. The van der Waals surface area contributed by atoms with Crippen LogP contribution in [0.3, 0.4) is 0 Å². The Labute approximate surface area is 224 Å². The zero-order valence-electron chi connectivity index (χ0n) is 22.5. The number of aliphatic hydroxyl groups excluding tert-OH is 4. The van der Waals surface area contributed by atoms with E-state index >= 15 is 0 Å². The second-order valence-corrected chi connectivity index (χ2v) is 13.5. The number of hydrogen-bond acceptors (Lipinski definition) is 9. The molecule has 6 aliphatic rings. The summed E-state index contributed by atoms with van der Waals surface area (Å²) in [4.78, 5) is 11.8. The van der Waals surface area contributed by atoms with E-state index in [0.29, 0.717) is 18.4 Å². The van der Waals surface area contributed by atoms with Crippen molar-refractivity contribution in [3.8, 4) is 0 Å². The van der Waals surface area contributed by atoms with Crippen LogP contribution in [0.5, 0.6) is 0 Å². The molecule has 0 aromatic carbocycles. The fourth-order valence-corrected chi connectivity index (χ4v) is 9.86. The highest BCUT2D eigenvalue weighted by atomic mass is 16.7. The van der Waals surface area contributed by atoms with E-state index in [9.17, 15) is 30.3 Å². The van der Waals surface area contributed by atoms with E-state index in [1.54, 1.807) is 6.08 Å². The molecule has 0 amide bonds. The topological polar surface area (TPSA) is 146 Å². The van der Waals surface area contributed by atoms with Crippen LogP contribution in [0.25, 0.3) is 0 Å². The summed E-state index contributed by atoms with van der Waals surface area (Å²) >= 11 is 0. The number of cyclic esters (lactones) is 1. The number of ether oxygens (including phenoxy) is 3. The predicted molar refractivity (Wildman–Crippen MR) is 134 cm³/mol. The summed E-state index contributed by atoms with van der Waals surface area (Å²) in [7, 11) is 0. The third-order valence-corrected chi connectivity index (χ3v) is 12.1. The van der Waals surface area contributed by atoms with Gasteiger partial charge in [0.05, 0.1) is 18.3 Å². The summed E-state index contributed by atoms with van der Waals surface area (Å²) in [6.07, 6.45) is 3.41. The molecule has 13 atom stereocenters. The average Bonchev–Trinajstić information content (AvgIpc) is 3.44. The van der Waals surface area contributed by atoms with E-state index in [-0.39, 0.29) is 34.7 Å². The van der Waals surface area contributed by atoms with Gasteiger partial charge in [-0.15, -0.1) is 0 Å². The summed E-state index contributed by atoms with van der Waals surface area (Å²) in [5.41, 5.74) is 0.141. The average molecular weight is 537 g/mol. The Morgan fingerprint density at radius 1 is 0.974 bits per heavy atom. The second-order valence-electron chi connectivity index (χ2n) is 13.5. The van der Waals surface area contributed by atoms with Gasteiger partial charge in [0, 0.05) is 11.5 Å². The largest absolute Gasteiger partial charge is 0.458 e. The van der Waals surface area contributed by atoms with E-state index in [0.717, 1.165) is 63.4 Å². The van der Waals surface area contributed by atoms with Crippen LogP contribution >= 0.6 is 0 Å². The molecule has 5 N–H and O–H groups in total. The van der Waals surface area contributed by atoms with Crippen LogP contribution in [0, 0.1) is 34.5 Å². The molecule has 1 saturated heterocycles. The van der Waals surface area contributed by atoms with Crippen molar-refractivity contribution in [3.63, 3.8) is 0 Å². The molecule has 2 aliphatic heterocycles. The highest BCUT2D eigenvalue weighted by molar-refractivity contribution is 5.85. The molecule has 4 aliphatic carbocycles. The Morgan fingerprint density at radius 3 is 2.47 bits per heavy atom. The van der Waals surface area contributed by atoms with Gasteiger partial charge in [-0.1, -0.05) is 13.8 Å². The number of hydrogen-bond donors (Lipinski definition) is 5. The number of rotatable bonds is 4. The van der Waals surface area contributed by atoms with Gasteiger partial charge in [0.2, 0.25) is 0 Å². The summed E-state index contributed by atoms with van der Waals surface area (Å²) < 4.78 is 17.0. The number of esters is 1. The molecule has 5 fully saturated rings. The Kier molecular flexibility index (Phi) is 6.78. The van der Waals surface area contributed by atoms with Gasteiger partial charge in [-0.25, -0.2) is 4.79 Å². The first kappa shape index (κ1) is 27.1. The molecule has 0 aromatic rings. The minimum absolute atomic E-state index is 0.0823. The lowest BCUT2D eigenvalue weighted by Gasteiger charge is -2.64. The Bertz CT molecular complexity index is 968. The van der Waals surface area contributed by atoms with Crippen molar-refractivity contribution in [3.05, 3.63) is 11.6 Å². The number of fused-ring (bicyclic) bond motifs is 5. The van der Waals surface area contributed by atoms with Crippen LogP contribution in [0.4, 0.5) is 0 Å². The van der Waals surface area contributed by atoms with E-state index < -0.39 is 42.9 Å². The zero-order valence-corrected chi connectivity index (χ0v) is 22.5. The van der Waals surface area contributed by atoms with Gasteiger partial charge in [0.25, 0.3) is 0 Å². The fourth-order valence-electron chi connectivity index (χ4n) is 9.86. The standard InChI is InChI=1S/C29H44O9/c1-27-8-5-17(37-26-25(34)24(33)23(32)21(13-30)38-26)12-16(27)3-4-20-19(27)6-9-28(2)18(7-10-29(20,28)35)15-11-22(31)36-14-15/h11,16-21,23-26,30,32-35H,3-10,12-14H2,1-2H3/t16?,17-,18+,19?,20?,21+,23+,24-,25+,26+,27-,28+,29-/m0/s1. The minimum Gasteiger partial charge on any atom is -0.458 e. The summed E-state index contributed by atoms with van der Waals surface area (Å²) in [6, 6.07) is 0. The molecule has 4 saturated carbocycles. The molecule has 3 unspecified atom stereocenters. The van der Waals surface area contributed by atoms with Crippen LogP contribution in [0.15, 0.2) is 11.6 Å². The Morgan fingerprint density at radius 2 is 1.76 bits per heavy atom. The van der Waals surface area contributed by atoms with Crippen LogP contribution in [-0.4, -0.2) is 87.1 Å². The maximum atomic E-state index is 12.4. The number of carbonyl (C=O) groups excluding carboxylic acids is 1. The lowest BCUT2D eigenvalue weighted by Crippen LogP contribution is -2.63. The minimum atomic E-state index is -1.44. The van der Waals surface area contributed by atoms with Crippen LogP contribution < -0.4 is 0 Å². The van der Waals surface area contributed by atoms with Gasteiger partial charge in [-0.2, -0.15) is 0 Å². The molecule has 0 aromatic heterocycles. The van der Waals surface area contributed by atoms with Crippen molar-refractivity contribution in [1.82, 2.24) is 0 Å². The summed E-state index contributed by atoms with van der Waals surface area (Å²) in [5, 5.41) is 52.6. The molecular weight excluding hydrogens is 492 g/mol. The Balaban J connectivity index is 1.15. The lowest BCUT2D eigenvalue weighted by atomic mass is 9.43. The van der Waals surface area contributed by atoms with Crippen molar-refractivity contribution in [2.45, 2.75) is 114 Å². The van der Waals surface area contributed by atoms with E-state index in [4.69, 9.17) is 14.2 Å². The molecule has 0 spiro atoms. The SMILES string of the molecule is C[C@]12CC[C@H](O[C@@H]3O[C@H](CO)[C@@H](O)[C@H](O)[C@H]3O)CC1CCC1C2CC[C@]2(C)[C@@H](C3=CC(=O)OC3)CC[C@]12O. The highest BCUT2D eigenvalue weighted by Crippen LogP contribution is 2.70. The van der Waals surface area contributed by atoms with Crippen LogP contribution in [-0.2, 0) is 19.0 Å². The molecule has 9 heteroatoms. The number of aliphatic hydroxyl groups is 5. The van der Waals surface area contributed by atoms with Crippen LogP contribution in [0.1, 0.15) is 71.6 Å². The fraction of sp³-hybridized carbons (Fsp3) is 0.897. The lowest BCUT2D eigenvalue weighted by molar-refractivity contribution is -0.317. The number of carbonyl (C=O) groups is 1. The molecule has 6 rings (SSSR count). The van der Waals surface area contributed by atoms with Crippen molar-refractivity contribution in [2.75, 3.05) is 13.2 Å². The van der Waals surface area contributed by atoms with Crippen molar-refractivity contribution < 1.29 is 44.5 Å². The summed E-state index contributed by atoms with van der Waals surface area (Å²) in [5.74, 6) is 0.994. The second kappa shape index (κ2) is 9.50. The molecular formula is C29H44O9. The van der Waals surface area contributed by atoms with Crippen molar-refractivity contribution in [2.24, 2.45) is 34.5 Å². The normalized spacial score (nSPS) is 54.5. The van der Waals surface area contributed by atoms with E-state index in [1.165, 1.54) is 0 Å². The monoisotopic (exact) mass is 536 g/mol. The molecule has 0 bridgehead atoms. The van der Waals surface area contributed by atoms with Crippen molar-refractivity contribution >= 4 is 5.97 Å². The smallest absolute Gasteiger partial charge is 0.331 e. The molecule has 38 heavy (non-hydrogen) atoms. The van der Waals surface area contributed by atoms with Gasteiger partial charge in [0.15, 0.2) is 6.29 Å². The maximum absolute atomic E-state index is 12.4. The molecule has 2 heterocycles. The van der Waals surface area contributed by atoms with E-state index in [1.807, 2.05) is 0 Å². The highest BCUT2D eigenvalue weighted by Gasteiger charge is 2.67. The third-order valence-electron chi connectivity index (χ3n) is 12.1. The van der Waals surface area contributed by atoms with Gasteiger partial charge < -0.3 is 39.7 Å². The molecule has 9 nitrogen and oxygen atoms in total. The predicted octanol–water partition coefficient (Wildman–Crippen LogP) is 1.43. The maximum Gasteiger partial charge on any atom is 0.331 e. The first-order valence-corrected chi connectivity index (χ1v) is 14.6. The van der Waals surface area contributed by atoms with Gasteiger partial charge in [-0.3, -0.25) is 0 Å². The van der Waals surface area contributed by atoms with Crippen molar-refractivity contribution in [1.29, 1.82) is 0 Å². The van der Waals surface area contributed by atoms with Gasteiger partial charge >= 0.3 is 5.97 Å². The first-order valence-electron chi connectivity index (χ1n) is 14.6. The quantitative estimate of drug-likeness (QED) is 0.266. The van der Waals surface area contributed by atoms with E-state index in [2.05, 4.69) is 13.8 Å². The third kappa shape index (κ3) is 3.87. The molecule has 214 valence electrons. The van der Waals surface area contributed by atoms with Crippen LogP contribution in [0.2, 0.25) is 0 Å².